The van der Waals surface area contributed by atoms with Gasteiger partial charge in [-0.1, -0.05) is 42.0 Å². The summed E-state index contributed by atoms with van der Waals surface area (Å²) in [6, 6.07) is 21.6. The van der Waals surface area contributed by atoms with E-state index in [9.17, 15) is 9.59 Å². The Labute approximate surface area is 211 Å². The van der Waals surface area contributed by atoms with Gasteiger partial charge in [0.05, 0.1) is 22.7 Å². The maximum absolute atomic E-state index is 13.8. The van der Waals surface area contributed by atoms with Gasteiger partial charge < -0.3 is 9.15 Å². The smallest absolute Gasteiger partial charge is 0.297 e. The third-order valence-electron chi connectivity index (χ3n) is 6.40. The lowest BCUT2D eigenvalue weighted by Crippen LogP contribution is -2.29. The second-order valence-corrected chi connectivity index (χ2v) is 10.1. The molecule has 7 heteroatoms. The van der Waals surface area contributed by atoms with Gasteiger partial charge in [-0.3, -0.25) is 14.5 Å². The SMILES string of the molecule is Cc1ccc2oc3c(c(=O)c2c1)C(c1cccc(Oc2ccccc2)c1)N(c1nc(C)c(C)s1)C3=O. The third-order valence-corrected chi connectivity index (χ3v) is 7.47. The topological polar surface area (TPSA) is 72.6 Å². The molecule has 0 fully saturated rings. The molecule has 5 aromatic rings. The predicted octanol–water partition coefficient (Wildman–Crippen LogP) is 6.72. The molecule has 0 spiro atoms. The summed E-state index contributed by atoms with van der Waals surface area (Å²) in [6.45, 7) is 5.80. The van der Waals surface area contributed by atoms with Gasteiger partial charge in [0, 0.05) is 4.88 Å². The van der Waals surface area contributed by atoms with Crippen molar-refractivity contribution >= 4 is 33.3 Å². The lowest BCUT2D eigenvalue weighted by molar-refractivity contribution is 0.0971. The van der Waals surface area contributed by atoms with E-state index in [0.29, 0.717) is 33.2 Å². The molecule has 1 unspecified atom stereocenters. The Kier molecular flexibility index (Phi) is 5.23. The van der Waals surface area contributed by atoms with E-state index in [1.807, 2.05) is 81.4 Å². The zero-order valence-corrected chi connectivity index (χ0v) is 20.8. The second kappa shape index (κ2) is 8.46. The highest BCUT2D eigenvalue weighted by Crippen LogP contribution is 2.43. The molecule has 3 heterocycles. The first-order valence-corrected chi connectivity index (χ1v) is 12.4. The Bertz CT molecular complexity index is 1680. The number of para-hydroxylation sites is 1. The summed E-state index contributed by atoms with van der Waals surface area (Å²) in [5, 5.41) is 0.983. The Hall–Kier alpha value is -4.23. The van der Waals surface area contributed by atoms with Crippen LogP contribution in [0.2, 0.25) is 0 Å². The molecule has 0 saturated carbocycles. The average Bonchev–Trinajstić information content (AvgIpc) is 3.36. The van der Waals surface area contributed by atoms with Gasteiger partial charge in [0.15, 0.2) is 10.6 Å². The Morgan fingerprint density at radius 3 is 2.44 bits per heavy atom. The first kappa shape index (κ1) is 22.2. The number of carbonyl (C=O) groups excluding carboxylic acids is 1. The first-order chi connectivity index (χ1) is 17.4. The maximum atomic E-state index is 13.8. The van der Waals surface area contributed by atoms with Crippen molar-refractivity contribution in [2.75, 3.05) is 4.90 Å². The van der Waals surface area contributed by atoms with Crippen molar-refractivity contribution in [2.24, 2.45) is 0 Å². The normalized spacial score (nSPS) is 14.9. The number of benzene rings is 3. The van der Waals surface area contributed by atoms with Crippen molar-refractivity contribution in [3.8, 4) is 11.5 Å². The molecule has 0 aliphatic carbocycles. The molecular weight excluding hydrogens is 472 g/mol. The number of aryl methyl sites for hydroxylation is 3. The number of nitrogens with zero attached hydrogens (tertiary/aromatic N) is 2. The number of hydrogen-bond donors (Lipinski definition) is 0. The summed E-state index contributed by atoms with van der Waals surface area (Å²) >= 11 is 1.42. The summed E-state index contributed by atoms with van der Waals surface area (Å²) in [5.74, 6) is 0.979. The van der Waals surface area contributed by atoms with Gasteiger partial charge >= 0.3 is 0 Å². The highest BCUT2D eigenvalue weighted by Gasteiger charge is 2.45. The van der Waals surface area contributed by atoms with Gasteiger partial charge in [0.25, 0.3) is 5.91 Å². The van der Waals surface area contributed by atoms with Gasteiger partial charge in [-0.05, 0) is 62.7 Å². The van der Waals surface area contributed by atoms with E-state index in [1.165, 1.54) is 11.3 Å². The average molecular weight is 495 g/mol. The van der Waals surface area contributed by atoms with E-state index >= 15 is 0 Å². The van der Waals surface area contributed by atoms with Gasteiger partial charge in [-0.2, -0.15) is 0 Å². The summed E-state index contributed by atoms with van der Waals surface area (Å²) < 4.78 is 12.1. The van der Waals surface area contributed by atoms with Crippen LogP contribution in [0, 0.1) is 20.8 Å². The number of aromatic nitrogens is 1. The van der Waals surface area contributed by atoms with Gasteiger partial charge in [0.1, 0.15) is 17.1 Å². The molecule has 0 radical (unpaired) electrons. The van der Waals surface area contributed by atoms with Gasteiger partial charge in [-0.25, -0.2) is 4.98 Å². The lowest BCUT2D eigenvalue weighted by atomic mass is 9.98. The summed E-state index contributed by atoms with van der Waals surface area (Å²) in [7, 11) is 0. The van der Waals surface area contributed by atoms with Crippen LogP contribution >= 0.6 is 11.3 Å². The quantitative estimate of drug-likeness (QED) is 0.277. The first-order valence-electron chi connectivity index (χ1n) is 11.6. The van der Waals surface area contributed by atoms with Crippen LogP contribution < -0.4 is 15.1 Å². The Morgan fingerprint density at radius 2 is 1.69 bits per heavy atom. The van der Waals surface area contributed by atoms with Crippen molar-refractivity contribution < 1.29 is 13.9 Å². The molecule has 3 aromatic carbocycles. The molecule has 178 valence electrons. The van der Waals surface area contributed by atoms with Crippen LogP contribution in [0.3, 0.4) is 0 Å². The predicted molar refractivity (Wildman–Crippen MR) is 140 cm³/mol. The number of carbonyl (C=O) groups is 1. The highest BCUT2D eigenvalue weighted by molar-refractivity contribution is 7.15. The number of thiazole rings is 1. The van der Waals surface area contributed by atoms with Crippen LogP contribution in [-0.4, -0.2) is 10.9 Å². The molecule has 1 atom stereocenters. The molecule has 0 bridgehead atoms. The Morgan fingerprint density at radius 1 is 0.917 bits per heavy atom. The molecule has 2 aromatic heterocycles. The van der Waals surface area contributed by atoms with E-state index in [2.05, 4.69) is 4.98 Å². The number of rotatable bonds is 4. The summed E-state index contributed by atoms with van der Waals surface area (Å²) in [5.41, 5.74) is 3.03. The highest BCUT2D eigenvalue weighted by atomic mass is 32.1. The summed E-state index contributed by atoms with van der Waals surface area (Å²) in [6.07, 6.45) is 0. The van der Waals surface area contributed by atoms with E-state index < -0.39 is 6.04 Å². The number of fused-ring (bicyclic) bond motifs is 2. The van der Waals surface area contributed by atoms with Crippen molar-refractivity contribution in [2.45, 2.75) is 26.8 Å². The van der Waals surface area contributed by atoms with Crippen molar-refractivity contribution in [1.82, 2.24) is 4.98 Å². The second-order valence-electron chi connectivity index (χ2n) is 8.88. The fraction of sp³-hybridized carbons (Fsp3) is 0.138. The third kappa shape index (κ3) is 3.60. The van der Waals surface area contributed by atoms with E-state index in [0.717, 1.165) is 21.7 Å². The monoisotopic (exact) mass is 494 g/mol. The number of ether oxygens (including phenoxy) is 1. The fourth-order valence-electron chi connectivity index (χ4n) is 4.53. The van der Waals surface area contributed by atoms with E-state index in [1.54, 1.807) is 17.0 Å². The minimum atomic E-state index is -0.696. The molecular formula is C29H22N2O4S. The minimum Gasteiger partial charge on any atom is -0.457 e. The standard InChI is InChI=1S/C29H22N2O4S/c1-16-12-13-23-22(14-16)26(32)24-25(19-8-7-11-21(15-19)34-20-9-5-4-6-10-20)31(28(33)27(24)35-23)29-30-17(2)18(3)36-29/h4-15,25H,1-3H3. The number of hydrogen-bond acceptors (Lipinski definition) is 6. The van der Waals surface area contributed by atoms with Crippen LogP contribution in [-0.2, 0) is 0 Å². The lowest BCUT2D eigenvalue weighted by Gasteiger charge is -2.23. The largest absolute Gasteiger partial charge is 0.457 e. The minimum absolute atomic E-state index is 0.0567. The van der Waals surface area contributed by atoms with Crippen molar-refractivity contribution in [3.05, 3.63) is 116 Å². The Balaban J connectivity index is 1.56. The zero-order chi connectivity index (χ0) is 25.0. The van der Waals surface area contributed by atoms with E-state index in [-0.39, 0.29) is 17.1 Å². The van der Waals surface area contributed by atoms with Crippen LogP contribution in [0.25, 0.3) is 11.0 Å². The van der Waals surface area contributed by atoms with Crippen LogP contribution in [0.1, 0.15) is 43.9 Å². The van der Waals surface area contributed by atoms with Crippen molar-refractivity contribution in [3.63, 3.8) is 0 Å². The molecule has 6 nitrogen and oxygen atoms in total. The number of anilines is 1. The van der Waals surface area contributed by atoms with Crippen LogP contribution in [0.4, 0.5) is 5.13 Å². The van der Waals surface area contributed by atoms with Gasteiger partial charge in [0.2, 0.25) is 5.76 Å². The molecule has 6 rings (SSSR count). The maximum Gasteiger partial charge on any atom is 0.297 e. The van der Waals surface area contributed by atoms with Gasteiger partial charge in [-0.15, -0.1) is 11.3 Å². The fourth-order valence-corrected chi connectivity index (χ4v) is 5.47. The van der Waals surface area contributed by atoms with E-state index in [4.69, 9.17) is 9.15 Å². The van der Waals surface area contributed by atoms with Crippen molar-refractivity contribution in [1.29, 1.82) is 0 Å². The molecule has 36 heavy (non-hydrogen) atoms. The molecule has 1 amide bonds. The van der Waals surface area contributed by atoms with Crippen LogP contribution in [0.5, 0.6) is 11.5 Å². The molecule has 0 saturated heterocycles. The molecule has 0 N–H and O–H groups in total. The molecule has 1 aliphatic heterocycles. The zero-order valence-electron chi connectivity index (χ0n) is 19.9. The number of amides is 1. The molecule has 1 aliphatic rings. The summed E-state index contributed by atoms with van der Waals surface area (Å²) in [4.78, 5) is 34.8. The van der Waals surface area contributed by atoms with Crippen LogP contribution in [0.15, 0.2) is 82.0 Å².